The van der Waals surface area contributed by atoms with Crippen LogP contribution in [0.3, 0.4) is 0 Å². The summed E-state index contributed by atoms with van der Waals surface area (Å²) in [5.41, 5.74) is 1.32. The van der Waals surface area contributed by atoms with Crippen molar-refractivity contribution >= 4 is 23.3 Å². The minimum Gasteiger partial charge on any atom is -0.324 e. The van der Waals surface area contributed by atoms with Crippen molar-refractivity contribution < 1.29 is 18.0 Å². The van der Waals surface area contributed by atoms with Crippen molar-refractivity contribution in [2.45, 2.75) is 25.9 Å². The molecule has 0 unspecified atom stereocenters. The molecule has 2 amide bonds. The molecule has 1 fully saturated rings. The molecular formula is C14H16ClF3N2O. The monoisotopic (exact) mass is 320 g/mol. The van der Waals surface area contributed by atoms with Gasteiger partial charge < -0.3 is 10.2 Å². The normalized spacial score (nSPS) is 19.5. The number of halogens is 4. The van der Waals surface area contributed by atoms with Crippen LogP contribution in [0.25, 0.3) is 0 Å². The van der Waals surface area contributed by atoms with Crippen molar-refractivity contribution in [3.63, 3.8) is 0 Å². The summed E-state index contributed by atoms with van der Waals surface area (Å²) in [7, 11) is 0. The number of likely N-dealkylation sites (tertiary alicyclic amines) is 1. The Balaban J connectivity index is 2.04. The maximum atomic E-state index is 12.7. The largest absolute Gasteiger partial charge is 0.393 e. The van der Waals surface area contributed by atoms with Crippen LogP contribution < -0.4 is 5.32 Å². The van der Waals surface area contributed by atoms with Gasteiger partial charge in [-0.25, -0.2) is 4.79 Å². The lowest BCUT2D eigenvalue weighted by Gasteiger charge is -2.33. The minimum atomic E-state index is -4.26. The average molecular weight is 321 g/mol. The van der Waals surface area contributed by atoms with Crippen molar-refractivity contribution in [2.24, 2.45) is 5.92 Å². The third-order valence-electron chi connectivity index (χ3n) is 3.61. The Bertz CT molecular complexity index is 533. The lowest BCUT2D eigenvalue weighted by atomic mass is 9.98. The van der Waals surface area contributed by atoms with Crippen molar-refractivity contribution in [3.8, 4) is 0 Å². The van der Waals surface area contributed by atoms with Gasteiger partial charge in [0.1, 0.15) is 0 Å². The number of piperidine rings is 1. The maximum absolute atomic E-state index is 12.7. The topological polar surface area (TPSA) is 32.3 Å². The highest BCUT2D eigenvalue weighted by atomic mass is 35.5. The first-order chi connectivity index (χ1) is 9.77. The van der Waals surface area contributed by atoms with E-state index in [-0.39, 0.29) is 13.0 Å². The van der Waals surface area contributed by atoms with Gasteiger partial charge in [-0.1, -0.05) is 17.7 Å². The summed E-state index contributed by atoms with van der Waals surface area (Å²) in [6.07, 6.45) is -3.83. The van der Waals surface area contributed by atoms with Crippen LogP contribution in [0.2, 0.25) is 5.02 Å². The Morgan fingerprint density at radius 1 is 1.43 bits per heavy atom. The molecule has 1 atom stereocenters. The Kier molecular flexibility index (Phi) is 4.66. The average Bonchev–Trinajstić information content (AvgIpc) is 2.42. The summed E-state index contributed by atoms with van der Waals surface area (Å²) in [6.45, 7) is 1.83. The molecule has 1 aliphatic heterocycles. The number of urea groups is 1. The van der Waals surface area contributed by atoms with E-state index in [4.69, 9.17) is 11.6 Å². The molecule has 0 radical (unpaired) electrons. The molecule has 21 heavy (non-hydrogen) atoms. The fourth-order valence-electron chi connectivity index (χ4n) is 2.35. The molecule has 0 saturated carbocycles. The predicted molar refractivity (Wildman–Crippen MR) is 75.6 cm³/mol. The molecule has 0 aliphatic carbocycles. The minimum absolute atomic E-state index is 0.0729. The van der Waals surface area contributed by atoms with Crippen molar-refractivity contribution in [3.05, 3.63) is 28.8 Å². The molecule has 3 nitrogen and oxygen atoms in total. The first kappa shape index (κ1) is 15.9. The zero-order valence-electron chi connectivity index (χ0n) is 11.5. The van der Waals surface area contributed by atoms with E-state index in [0.29, 0.717) is 23.7 Å². The highest BCUT2D eigenvalue weighted by Gasteiger charge is 2.42. The number of nitrogens with one attached hydrogen (secondary N) is 1. The van der Waals surface area contributed by atoms with Crippen LogP contribution in [-0.4, -0.2) is 30.2 Å². The molecule has 1 aromatic rings. The van der Waals surface area contributed by atoms with Gasteiger partial charge in [-0.05, 0) is 37.5 Å². The Hall–Kier alpha value is -1.43. The van der Waals surface area contributed by atoms with Gasteiger partial charge in [0.05, 0.1) is 5.92 Å². The third kappa shape index (κ3) is 4.03. The summed E-state index contributed by atoms with van der Waals surface area (Å²) in [5.74, 6) is -1.45. The summed E-state index contributed by atoms with van der Waals surface area (Å²) in [4.78, 5) is 13.3. The first-order valence-corrected chi connectivity index (χ1v) is 7.04. The number of alkyl halides is 3. The second-order valence-corrected chi connectivity index (χ2v) is 5.65. The van der Waals surface area contributed by atoms with E-state index < -0.39 is 18.1 Å². The standard InChI is InChI=1S/C14H16ClF3N2O/c1-9-4-5-11(15)7-12(9)19-13(21)20-6-2-3-10(8-20)14(16,17)18/h4-5,7,10H,2-3,6,8H2,1H3,(H,19,21)/t10-/m0/s1. The summed E-state index contributed by atoms with van der Waals surface area (Å²) < 4.78 is 38.2. The number of carbonyl (C=O) groups is 1. The lowest BCUT2D eigenvalue weighted by molar-refractivity contribution is -0.183. The van der Waals surface area contributed by atoms with Crippen LogP contribution in [0.15, 0.2) is 18.2 Å². The highest BCUT2D eigenvalue weighted by Crippen LogP contribution is 2.33. The second kappa shape index (κ2) is 6.13. The second-order valence-electron chi connectivity index (χ2n) is 5.22. The van der Waals surface area contributed by atoms with Crippen LogP contribution >= 0.6 is 11.6 Å². The van der Waals surface area contributed by atoms with Gasteiger partial charge in [-0.3, -0.25) is 0 Å². The number of benzene rings is 1. The van der Waals surface area contributed by atoms with Gasteiger partial charge in [0.15, 0.2) is 0 Å². The predicted octanol–water partition coefficient (Wildman–Crippen LogP) is 4.45. The smallest absolute Gasteiger partial charge is 0.324 e. The number of aryl methyl sites for hydroxylation is 1. The number of hydrogen-bond donors (Lipinski definition) is 1. The molecule has 1 saturated heterocycles. The third-order valence-corrected chi connectivity index (χ3v) is 3.85. The molecule has 1 aromatic carbocycles. The highest BCUT2D eigenvalue weighted by molar-refractivity contribution is 6.31. The molecule has 2 rings (SSSR count). The fraction of sp³-hybridized carbons (Fsp3) is 0.500. The van der Waals surface area contributed by atoms with Crippen molar-refractivity contribution in [1.82, 2.24) is 4.90 Å². The fourth-order valence-corrected chi connectivity index (χ4v) is 2.52. The number of carbonyl (C=O) groups excluding carboxylic acids is 1. The van der Waals surface area contributed by atoms with E-state index >= 15 is 0 Å². The molecular weight excluding hydrogens is 305 g/mol. The number of hydrogen-bond acceptors (Lipinski definition) is 1. The van der Waals surface area contributed by atoms with E-state index in [2.05, 4.69) is 5.32 Å². The Morgan fingerprint density at radius 3 is 2.81 bits per heavy atom. The summed E-state index contributed by atoms with van der Waals surface area (Å²) in [5, 5.41) is 3.09. The molecule has 7 heteroatoms. The molecule has 0 aromatic heterocycles. The number of nitrogens with zero attached hydrogens (tertiary/aromatic N) is 1. The van der Waals surface area contributed by atoms with Gasteiger partial charge in [-0.2, -0.15) is 13.2 Å². The van der Waals surface area contributed by atoms with Crippen LogP contribution in [-0.2, 0) is 0 Å². The van der Waals surface area contributed by atoms with Crippen LogP contribution in [0.1, 0.15) is 18.4 Å². The number of rotatable bonds is 1. The van der Waals surface area contributed by atoms with Gasteiger partial charge in [0, 0.05) is 23.8 Å². The van der Waals surface area contributed by atoms with Gasteiger partial charge in [-0.15, -0.1) is 0 Å². The molecule has 0 spiro atoms. The molecule has 116 valence electrons. The van der Waals surface area contributed by atoms with Gasteiger partial charge >= 0.3 is 12.2 Å². The van der Waals surface area contributed by atoms with E-state index in [1.54, 1.807) is 25.1 Å². The van der Waals surface area contributed by atoms with E-state index in [1.165, 1.54) is 4.90 Å². The Morgan fingerprint density at radius 2 is 2.14 bits per heavy atom. The van der Waals surface area contributed by atoms with E-state index in [9.17, 15) is 18.0 Å². The maximum Gasteiger partial charge on any atom is 0.393 e. The molecule has 1 aliphatic rings. The number of anilines is 1. The van der Waals surface area contributed by atoms with Crippen LogP contribution in [0.4, 0.5) is 23.7 Å². The zero-order chi connectivity index (χ0) is 15.6. The number of amides is 2. The lowest BCUT2D eigenvalue weighted by Crippen LogP contribution is -2.46. The Labute approximate surface area is 126 Å². The zero-order valence-corrected chi connectivity index (χ0v) is 12.3. The van der Waals surface area contributed by atoms with E-state index in [1.807, 2.05) is 0 Å². The molecule has 0 bridgehead atoms. The SMILES string of the molecule is Cc1ccc(Cl)cc1NC(=O)N1CCC[C@H](C(F)(F)F)C1. The van der Waals surface area contributed by atoms with Crippen molar-refractivity contribution in [2.75, 3.05) is 18.4 Å². The van der Waals surface area contributed by atoms with E-state index in [0.717, 1.165) is 5.56 Å². The summed E-state index contributed by atoms with van der Waals surface area (Å²) in [6, 6.07) is 4.49. The van der Waals surface area contributed by atoms with Crippen LogP contribution in [0, 0.1) is 12.8 Å². The quantitative estimate of drug-likeness (QED) is 0.814. The van der Waals surface area contributed by atoms with Crippen LogP contribution in [0.5, 0.6) is 0 Å². The molecule has 1 N–H and O–H groups in total. The van der Waals surface area contributed by atoms with Gasteiger partial charge in [0.25, 0.3) is 0 Å². The molecule has 1 heterocycles. The summed E-state index contributed by atoms with van der Waals surface area (Å²) >= 11 is 5.86. The van der Waals surface area contributed by atoms with Crippen molar-refractivity contribution in [1.29, 1.82) is 0 Å². The van der Waals surface area contributed by atoms with Gasteiger partial charge in [0.2, 0.25) is 0 Å². The first-order valence-electron chi connectivity index (χ1n) is 6.66.